The van der Waals surface area contributed by atoms with Gasteiger partial charge in [-0.15, -0.1) is 5.76 Å². The molecule has 0 saturated carbocycles. The zero-order valence-corrected chi connectivity index (χ0v) is 43.1. The van der Waals surface area contributed by atoms with Gasteiger partial charge in [-0.1, -0.05) is 26.5 Å². The second-order valence-corrected chi connectivity index (χ2v) is 23.4. The van der Waals surface area contributed by atoms with E-state index >= 15 is 0 Å². The average Bonchev–Trinajstić information content (AvgIpc) is 3.94. The largest absolute Gasteiger partial charge is 0.875 e. The Kier molecular flexibility index (Phi) is 14.5. The van der Waals surface area contributed by atoms with E-state index in [0.29, 0.717) is 59.1 Å². The number of carbonyl (C=O) groups is 2. The van der Waals surface area contributed by atoms with Crippen LogP contribution in [0, 0.1) is 23.7 Å². The number of fused-ring (bicyclic) bond motifs is 5. The fourth-order valence-electron chi connectivity index (χ4n) is 10.6. The third-order valence-electron chi connectivity index (χ3n) is 13.0. The van der Waals surface area contributed by atoms with Crippen LogP contribution in [0.3, 0.4) is 0 Å². The smallest absolute Gasteiger partial charge is 0.340 e. The van der Waals surface area contributed by atoms with Gasteiger partial charge in [-0.05, 0) is 73.6 Å². The molecule has 0 aromatic rings. The highest BCUT2D eigenvalue weighted by Gasteiger charge is 2.41. The van der Waals surface area contributed by atoms with Crippen LogP contribution in [0.25, 0.3) is 0 Å². The molecule has 0 amide bonds. The Hall–Kier alpha value is -4.95. The summed E-state index contributed by atoms with van der Waals surface area (Å²) in [6.07, 6.45) is 9.19. The molecule has 358 valence electrons. The van der Waals surface area contributed by atoms with Crippen LogP contribution < -0.4 is 10.4 Å². The number of quaternary nitrogens is 4. The Morgan fingerprint density at radius 1 is 0.803 bits per heavy atom. The van der Waals surface area contributed by atoms with Crippen LogP contribution in [0.4, 0.5) is 0 Å². The van der Waals surface area contributed by atoms with Crippen LogP contribution in [0.2, 0.25) is 0 Å². The van der Waals surface area contributed by atoms with Crippen LogP contribution in [0.1, 0.15) is 53.4 Å². The maximum Gasteiger partial charge on any atom is 0.340 e. The van der Waals surface area contributed by atoms with Crippen molar-refractivity contribution in [3.05, 3.63) is 104 Å². The summed E-state index contributed by atoms with van der Waals surface area (Å²) in [6.45, 7) is 16.5. The first-order chi connectivity index (χ1) is 30.6. The van der Waals surface area contributed by atoms with E-state index < -0.39 is 5.97 Å². The molecule has 1 fully saturated rings. The number of esters is 2. The molecule has 13 heteroatoms. The summed E-state index contributed by atoms with van der Waals surface area (Å²) >= 11 is 0. The number of nitrogens with one attached hydrogen (secondary N) is 1. The van der Waals surface area contributed by atoms with Gasteiger partial charge < -0.3 is 37.8 Å². The number of carbonyl (C=O) groups excluding carboxylic acids is 2. The fraction of sp³-hybridized carbons (Fsp3) is 0.566. The third-order valence-corrected chi connectivity index (χ3v) is 13.0. The van der Waals surface area contributed by atoms with Crippen molar-refractivity contribution < 1.29 is 42.1 Å². The van der Waals surface area contributed by atoms with Crippen molar-refractivity contribution in [2.24, 2.45) is 38.6 Å². The van der Waals surface area contributed by atoms with Crippen molar-refractivity contribution in [3.63, 3.8) is 0 Å². The van der Waals surface area contributed by atoms with E-state index in [-0.39, 0.29) is 54.8 Å². The molecule has 1 N–H and O–H groups in total. The van der Waals surface area contributed by atoms with Crippen molar-refractivity contribution in [2.45, 2.75) is 53.4 Å². The van der Waals surface area contributed by atoms with E-state index in [1.807, 2.05) is 39.0 Å². The van der Waals surface area contributed by atoms with E-state index in [1.165, 1.54) is 0 Å². The number of ether oxygens (including phenoxy) is 2. The molecule has 0 radical (unpaired) electrons. The summed E-state index contributed by atoms with van der Waals surface area (Å²) in [4.78, 5) is 43.6. The topological polar surface area (TPSA) is 125 Å². The quantitative estimate of drug-likeness (QED) is 0.142. The monoisotopic (exact) mass is 908 g/mol. The Morgan fingerprint density at radius 3 is 1.91 bits per heavy atom. The van der Waals surface area contributed by atoms with E-state index in [0.717, 1.165) is 89.1 Å². The summed E-state index contributed by atoms with van der Waals surface area (Å²) < 4.78 is 15.4. The lowest BCUT2D eigenvalue weighted by Gasteiger charge is -2.33. The van der Waals surface area contributed by atoms with Gasteiger partial charge in [0, 0.05) is 40.8 Å². The first-order valence-electron chi connectivity index (χ1n) is 23.7. The lowest BCUT2D eigenvalue weighted by Crippen LogP contribution is -2.48. The molecular formula is C53H79N8O5+3. The van der Waals surface area contributed by atoms with Crippen LogP contribution in [0.15, 0.2) is 119 Å². The van der Waals surface area contributed by atoms with Crippen molar-refractivity contribution in [2.75, 3.05) is 124 Å². The summed E-state index contributed by atoms with van der Waals surface area (Å²) in [5.41, 5.74) is 10.9. The Morgan fingerprint density at radius 2 is 1.36 bits per heavy atom. The van der Waals surface area contributed by atoms with E-state index in [2.05, 4.69) is 109 Å². The highest BCUT2D eigenvalue weighted by atomic mass is 16.5. The average molecular weight is 908 g/mol. The highest BCUT2D eigenvalue weighted by molar-refractivity contribution is 6.28. The Labute approximate surface area is 395 Å². The Bertz CT molecular complexity index is 2370. The van der Waals surface area contributed by atoms with Gasteiger partial charge in [-0.25, -0.2) is 19.8 Å². The van der Waals surface area contributed by atoms with Crippen molar-refractivity contribution in [1.29, 1.82) is 0 Å². The molecule has 0 unspecified atom stereocenters. The molecule has 2 atom stereocenters. The van der Waals surface area contributed by atoms with Gasteiger partial charge in [0.2, 0.25) is 0 Å². The number of rotatable bonds is 18. The normalized spacial score (nSPS) is 21.2. The summed E-state index contributed by atoms with van der Waals surface area (Å²) in [6, 6.07) is 0. The van der Waals surface area contributed by atoms with Gasteiger partial charge >= 0.3 is 11.9 Å². The lowest BCUT2D eigenvalue weighted by atomic mass is 9.86. The predicted molar refractivity (Wildman–Crippen MR) is 264 cm³/mol. The maximum absolute atomic E-state index is 14.5. The van der Waals surface area contributed by atoms with Crippen LogP contribution >= 0.6 is 0 Å². The molecule has 8 bridgehead atoms. The number of hydrogen-bond donors (Lipinski definition) is 1. The SMILES string of the molecule is C=CC1=C(C)C2=NC1=CC1=NC(=CC3=C(C)C4=C([O-])CC(=C5NC(=C2)[C@@H](C)[C@@H]5CCC(=O)OCC(C[N+](C)(C)C)C[N+](C)(C)C)C4=N3)C(CC)=C1C(=O)OCC(C[N+](C)(C)C)C[N+](C)(C)C. The maximum atomic E-state index is 14.5. The zero-order valence-electron chi connectivity index (χ0n) is 43.1. The molecule has 0 spiro atoms. The van der Waals surface area contributed by atoms with Gasteiger partial charge in [0.15, 0.2) is 0 Å². The second kappa shape index (κ2) is 19.0. The summed E-state index contributed by atoms with van der Waals surface area (Å²) in [5, 5.41) is 17.8. The predicted octanol–water partition coefficient (Wildman–Crippen LogP) is 5.55. The van der Waals surface area contributed by atoms with Gasteiger partial charge in [0.05, 0.1) is 162 Å². The first-order valence-corrected chi connectivity index (χ1v) is 23.7. The standard InChI is InChI=1S/C53H78N8O5/c1-18-37-32(3)41-23-42-33(4)39(20-21-48(63)65-30-35(26-58(6,7)8)27-59(9,10)11)51(56-42)40-22-47(62)49-34(5)43(57-52(40)49)24-45-38(19-2)50(46(55-45)25-44(37)54-41)53(64)66-31-36(28-60(12,13)14)29-61(15,16)17/h18,23-25,33,35-36,39H,1,19-22,26-31H2,2-17H3/q+2/p+1/t33-,39-/m0/s1. The van der Waals surface area contributed by atoms with Crippen molar-refractivity contribution in [3.8, 4) is 0 Å². The molecule has 1 aliphatic carbocycles. The number of nitrogens with zero attached hydrogens (tertiary/aromatic N) is 7. The Balaban J connectivity index is 1.40. The third kappa shape index (κ3) is 11.8. The molecule has 13 nitrogen and oxygen atoms in total. The minimum Gasteiger partial charge on any atom is -0.875 e. The molecule has 66 heavy (non-hydrogen) atoms. The summed E-state index contributed by atoms with van der Waals surface area (Å²) in [5.74, 6) is -0.422. The van der Waals surface area contributed by atoms with E-state index in [1.54, 1.807) is 0 Å². The van der Waals surface area contributed by atoms with E-state index in [4.69, 9.17) is 24.5 Å². The molecule has 0 aromatic heterocycles. The second-order valence-electron chi connectivity index (χ2n) is 23.4. The molecule has 6 aliphatic rings. The van der Waals surface area contributed by atoms with Gasteiger partial charge in [-0.3, -0.25) is 4.79 Å². The van der Waals surface area contributed by atoms with Crippen LogP contribution in [-0.4, -0.2) is 171 Å². The lowest BCUT2D eigenvalue weighted by molar-refractivity contribution is -0.896. The van der Waals surface area contributed by atoms with Gasteiger partial charge in [-0.2, -0.15) is 0 Å². The molecule has 1 saturated heterocycles. The van der Waals surface area contributed by atoms with Crippen molar-refractivity contribution >= 4 is 29.1 Å². The highest BCUT2D eigenvalue weighted by Crippen LogP contribution is 2.46. The van der Waals surface area contributed by atoms with Crippen molar-refractivity contribution in [1.82, 2.24) is 5.32 Å². The molecular weight excluding hydrogens is 829 g/mol. The zero-order chi connectivity index (χ0) is 48.8. The molecule has 5 heterocycles. The molecule has 6 rings (SSSR count). The molecule has 0 aromatic carbocycles. The van der Waals surface area contributed by atoms with Gasteiger partial charge in [0.25, 0.3) is 0 Å². The first kappa shape index (κ1) is 50.5. The van der Waals surface area contributed by atoms with E-state index in [9.17, 15) is 14.7 Å². The molecule has 5 aliphatic heterocycles. The minimum atomic E-state index is -0.419. The van der Waals surface area contributed by atoms with Gasteiger partial charge in [0.1, 0.15) is 13.2 Å². The number of hydrogen-bond acceptors (Lipinski definition) is 9. The number of aliphatic imine (C=N–C) groups is 3. The van der Waals surface area contributed by atoms with Crippen LogP contribution in [-0.2, 0) is 19.1 Å². The number of allylic oxidation sites excluding steroid dienone is 11. The van der Waals surface area contributed by atoms with Crippen LogP contribution in [0.5, 0.6) is 0 Å². The fourth-order valence-corrected chi connectivity index (χ4v) is 10.6. The minimum absolute atomic E-state index is 0.0134. The summed E-state index contributed by atoms with van der Waals surface area (Å²) in [7, 11) is 26.0.